The van der Waals surface area contributed by atoms with Crippen LogP contribution in [0.1, 0.15) is 55.6 Å². The Bertz CT molecular complexity index is 1450. The highest BCUT2D eigenvalue weighted by Crippen LogP contribution is 2.37. The van der Waals surface area contributed by atoms with Crippen LogP contribution in [0.2, 0.25) is 0 Å². The van der Waals surface area contributed by atoms with Gasteiger partial charge >= 0.3 is 0 Å². The van der Waals surface area contributed by atoms with E-state index in [0.717, 1.165) is 11.1 Å². The molecular formula is C26H23F2N5O. The Kier molecular flexibility index (Phi) is 5.48. The first-order chi connectivity index (χ1) is 16.3. The number of aromatic nitrogens is 4. The van der Waals surface area contributed by atoms with Crippen molar-refractivity contribution in [1.29, 1.82) is 5.26 Å². The quantitative estimate of drug-likeness (QED) is 0.453. The van der Waals surface area contributed by atoms with Crippen LogP contribution < -0.4 is 5.56 Å². The van der Waals surface area contributed by atoms with E-state index in [-0.39, 0.29) is 18.0 Å². The average molecular weight is 460 g/mol. The Labute approximate surface area is 194 Å². The molecule has 1 saturated carbocycles. The van der Waals surface area contributed by atoms with Crippen LogP contribution in [0.3, 0.4) is 0 Å². The van der Waals surface area contributed by atoms with Crippen LogP contribution in [-0.2, 0) is 6.42 Å². The van der Waals surface area contributed by atoms with E-state index in [2.05, 4.69) is 21.1 Å². The second-order valence-corrected chi connectivity index (χ2v) is 9.15. The number of hydrogen-bond acceptors (Lipinski definition) is 4. The zero-order chi connectivity index (χ0) is 23.9. The number of nitrogens with one attached hydrogen (secondary N) is 1. The van der Waals surface area contributed by atoms with E-state index in [4.69, 9.17) is 5.26 Å². The fourth-order valence-electron chi connectivity index (χ4n) is 4.68. The average Bonchev–Trinajstić information content (AvgIpc) is 3.24. The summed E-state index contributed by atoms with van der Waals surface area (Å²) in [5.74, 6) is 0.00298. The van der Waals surface area contributed by atoms with Crippen LogP contribution in [-0.4, -0.2) is 25.4 Å². The Balaban J connectivity index is 1.52. The third-order valence-corrected chi connectivity index (χ3v) is 6.61. The molecule has 1 fully saturated rings. The maximum Gasteiger partial charge on any atom is 0.262 e. The summed E-state index contributed by atoms with van der Waals surface area (Å²) in [6.45, 7) is 1.62. The summed E-state index contributed by atoms with van der Waals surface area (Å²) >= 11 is 0. The van der Waals surface area contributed by atoms with Gasteiger partial charge in [0.15, 0.2) is 5.65 Å². The maximum absolute atomic E-state index is 14.3. The molecule has 6 nitrogen and oxygen atoms in total. The molecule has 1 aliphatic rings. The molecule has 5 rings (SSSR count). The molecular weight excluding hydrogens is 436 g/mol. The molecule has 0 atom stereocenters. The Morgan fingerprint density at radius 1 is 1.21 bits per heavy atom. The summed E-state index contributed by atoms with van der Waals surface area (Å²) in [6, 6.07) is 13.6. The summed E-state index contributed by atoms with van der Waals surface area (Å²) < 4.78 is 30.2. The molecule has 4 aromatic rings. The Hall–Kier alpha value is -3.86. The Morgan fingerprint density at radius 3 is 2.65 bits per heavy atom. The second-order valence-electron chi connectivity index (χ2n) is 9.15. The smallest absolute Gasteiger partial charge is 0.262 e. The van der Waals surface area contributed by atoms with E-state index in [1.54, 1.807) is 29.8 Å². The lowest BCUT2D eigenvalue weighted by Crippen LogP contribution is -2.28. The van der Waals surface area contributed by atoms with Gasteiger partial charge in [-0.15, -0.1) is 0 Å². The molecule has 0 unspecified atom stereocenters. The van der Waals surface area contributed by atoms with Crippen molar-refractivity contribution in [3.8, 4) is 17.2 Å². The number of aromatic amines is 1. The largest absolute Gasteiger partial charge is 0.310 e. The number of fused-ring (bicyclic) bond motifs is 1. The molecule has 0 saturated heterocycles. The summed E-state index contributed by atoms with van der Waals surface area (Å²) in [4.78, 5) is 20.2. The second kappa shape index (κ2) is 8.49. The van der Waals surface area contributed by atoms with Gasteiger partial charge in [-0.05, 0) is 73.6 Å². The molecule has 0 spiro atoms. The minimum atomic E-state index is -1.17. The van der Waals surface area contributed by atoms with E-state index in [9.17, 15) is 13.6 Å². The number of nitrogens with zero attached hydrogens (tertiary/aromatic N) is 4. The van der Waals surface area contributed by atoms with Crippen molar-refractivity contribution in [2.45, 2.75) is 50.7 Å². The predicted octanol–water partition coefficient (Wildman–Crippen LogP) is 5.23. The third kappa shape index (κ3) is 4.21. The number of nitriles is 1. The molecule has 2 heterocycles. The van der Waals surface area contributed by atoms with Gasteiger partial charge in [-0.25, -0.2) is 18.4 Å². The van der Waals surface area contributed by atoms with Gasteiger partial charge < -0.3 is 4.98 Å². The topological polar surface area (TPSA) is 87.4 Å². The first kappa shape index (κ1) is 22.0. The normalized spacial score (nSPS) is 20.4. The van der Waals surface area contributed by atoms with Crippen LogP contribution in [0.15, 0.2) is 53.5 Å². The van der Waals surface area contributed by atoms with E-state index < -0.39 is 11.5 Å². The van der Waals surface area contributed by atoms with Crippen LogP contribution in [0.4, 0.5) is 8.78 Å². The fourth-order valence-corrected chi connectivity index (χ4v) is 4.68. The zero-order valence-corrected chi connectivity index (χ0v) is 18.7. The van der Waals surface area contributed by atoms with Crippen LogP contribution in [0.5, 0.6) is 0 Å². The van der Waals surface area contributed by atoms with Gasteiger partial charge in [0.05, 0.1) is 23.9 Å². The van der Waals surface area contributed by atoms with Crippen LogP contribution >= 0.6 is 0 Å². The first-order valence-corrected chi connectivity index (χ1v) is 11.3. The highest BCUT2D eigenvalue weighted by Gasteiger charge is 2.32. The van der Waals surface area contributed by atoms with Gasteiger partial charge in [0.2, 0.25) is 0 Å². The van der Waals surface area contributed by atoms with E-state index in [1.807, 2.05) is 12.1 Å². The number of hydrogen-bond donors (Lipinski definition) is 1. The van der Waals surface area contributed by atoms with E-state index in [1.165, 1.54) is 18.3 Å². The minimum absolute atomic E-state index is 0.0214. The van der Waals surface area contributed by atoms with Crippen molar-refractivity contribution in [3.63, 3.8) is 0 Å². The molecule has 0 aliphatic heterocycles. The fraction of sp³-hybridized carbons (Fsp3) is 0.308. The summed E-state index contributed by atoms with van der Waals surface area (Å²) in [5, 5.41) is 13.8. The van der Waals surface area contributed by atoms with Gasteiger partial charge in [-0.2, -0.15) is 10.4 Å². The van der Waals surface area contributed by atoms with Gasteiger partial charge in [-0.1, -0.05) is 18.2 Å². The van der Waals surface area contributed by atoms with Crippen molar-refractivity contribution in [2.24, 2.45) is 0 Å². The predicted molar refractivity (Wildman–Crippen MR) is 125 cm³/mol. The molecule has 34 heavy (non-hydrogen) atoms. The van der Waals surface area contributed by atoms with E-state index >= 15 is 0 Å². The molecule has 2 aromatic carbocycles. The lowest BCUT2D eigenvalue weighted by Gasteiger charge is -2.31. The molecule has 8 heteroatoms. The number of halogens is 2. The highest BCUT2D eigenvalue weighted by atomic mass is 19.1. The number of H-pyrrole nitrogens is 1. The van der Waals surface area contributed by atoms with Gasteiger partial charge in [-0.3, -0.25) is 4.79 Å². The molecule has 172 valence electrons. The molecule has 0 bridgehead atoms. The molecule has 0 amide bonds. The van der Waals surface area contributed by atoms with Gasteiger partial charge in [0.1, 0.15) is 22.7 Å². The van der Waals surface area contributed by atoms with Crippen molar-refractivity contribution < 1.29 is 8.78 Å². The lowest BCUT2D eigenvalue weighted by atomic mass is 9.85. The summed E-state index contributed by atoms with van der Waals surface area (Å²) in [7, 11) is 0. The third-order valence-electron chi connectivity index (χ3n) is 6.61. The number of rotatable bonds is 4. The standard InChI is InChI=1S/C26H23F2N5O/c1-26(28)10-8-20(9-11-26)33-24-22(15-30-33)25(34)32-23(31-24)13-18-12-19(27)6-7-21(18)17-4-2-16(14-29)3-5-17/h2-7,12,15,20H,8-11,13H2,1H3,(H,31,32,34). The van der Waals surface area contributed by atoms with Gasteiger partial charge in [0, 0.05) is 6.42 Å². The molecule has 1 N–H and O–H groups in total. The molecule has 0 radical (unpaired) electrons. The van der Waals surface area contributed by atoms with Crippen molar-refractivity contribution in [2.75, 3.05) is 0 Å². The first-order valence-electron chi connectivity index (χ1n) is 11.3. The van der Waals surface area contributed by atoms with Crippen LogP contribution in [0, 0.1) is 17.1 Å². The number of benzene rings is 2. The van der Waals surface area contributed by atoms with E-state index in [0.29, 0.717) is 53.7 Å². The minimum Gasteiger partial charge on any atom is -0.310 e. The van der Waals surface area contributed by atoms with Crippen molar-refractivity contribution >= 4 is 11.0 Å². The molecule has 1 aliphatic carbocycles. The SMILES string of the molecule is CC1(F)CCC(n2ncc3c(=O)[nH]c(Cc4cc(F)ccc4-c4ccc(C#N)cc4)nc32)CC1. The lowest BCUT2D eigenvalue weighted by molar-refractivity contribution is 0.103. The van der Waals surface area contributed by atoms with Crippen molar-refractivity contribution in [3.05, 3.63) is 81.8 Å². The van der Waals surface area contributed by atoms with Crippen molar-refractivity contribution in [1.82, 2.24) is 19.7 Å². The monoisotopic (exact) mass is 459 g/mol. The molecule has 2 aromatic heterocycles. The highest BCUT2D eigenvalue weighted by molar-refractivity contribution is 5.73. The maximum atomic E-state index is 14.3. The van der Waals surface area contributed by atoms with Crippen LogP contribution in [0.25, 0.3) is 22.2 Å². The van der Waals surface area contributed by atoms with Gasteiger partial charge in [0.25, 0.3) is 5.56 Å². The Morgan fingerprint density at radius 2 is 1.94 bits per heavy atom. The summed E-state index contributed by atoms with van der Waals surface area (Å²) in [5.41, 5.74) is 1.79. The summed E-state index contributed by atoms with van der Waals surface area (Å²) in [6.07, 6.45) is 3.83. The zero-order valence-electron chi connectivity index (χ0n) is 18.7. The number of alkyl halides is 1.